The fourth-order valence-corrected chi connectivity index (χ4v) is 4.85. The van der Waals surface area contributed by atoms with E-state index in [0.29, 0.717) is 42.1 Å². The zero-order valence-electron chi connectivity index (χ0n) is 15.4. The summed E-state index contributed by atoms with van der Waals surface area (Å²) in [7, 11) is -1.93. The molecular formula is C20H25NO4S. The Morgan fingerprint density at radius 1 is 0.962 bits per heavy atom. The first kappa shape index (κ1) is 18.7. The van der Waals surface area contributed by atoms with E-state index in [1.54, 1.807) is 36.5 Å². The first-order chi connectivity index (χ1) is 12.4. The molecule has 2 aromatic carbocycles. The molecule has 6 heteroatoms. The molecule has 0 N–H and O–H groups in total. The third-order valence-electron chi connectivity index (χ3n) is 4.72. The molecule has 1 aliphatic heterocycles. The van der Waals surface area contributed by atoms with Crippen LogP contribution in [0.3, 0.4) is 0 Å². The van der Waals surface area contributed by atoms with Crippen molar-refractivity contribution in [2.24, 2.45) is 0 Å². The molecule has 0 spiro atoms. The standard InChI is InChI=1S/C20H25NO4S/c1-15-4-6-17(7-5-15)25-18-10-12-21(13-11-18)26(22,23)20-9-8-19(24-3)14-16(20)2/h4-9,14,18H,10-13H2,1-3H3. The van der Waals surface area contributed by atoms with E-state index in [-0.39, 0.29) is 6.10 Å². The van der Waals surface area contributed by atoms with Crippen LogP contribution in [0.2, 0.25) is 0 Å². The molecule has 2 aromatic rings. The van der Waals surface area contributed by atoms with Gasteiger partial charge in [-0.15, -0.1) is 0 Å². The minimum atomic E-state index is -3.50. The van der Waals surface area contributed by atoms with E-state index in [4.69, 9.17) is 9.47 Å². The summed E-state index contributed by atoms with van der Waals surface area (Å²) in [6.45, 7) is 4.76. The van der Waals surface area contributed by atoms with Crippen LogP contribution in [0.5, 0.6) is 11.5 Å². The van der Waals surface area contributed by atoms with Crippen LogP contribution in [-0.4, -0.2) is 39.0 Å². The summed E-state index contributed by atoms with van der Waals surface area (Å²) in [5.41, 5.74) is 1.88. The van der Waals surface area contributed by atoms with Gasteiger partial charge in [-0.25, -0.2) is 8.42 Å². The van der Waals surface area contributed by atoms with Crippen LogP contribution < -0.4 is 9.47 Å². The fraction of sp³-hybridized carbons (Fsp3) is 0.400. The first-order valence-electron chi connectivity index (χ1n) is 8.78. The van der Waals surface area contributed by atoms with E-state index in [0.717, 1.165) is 5.75 Å². The van der Waals surface area contributed by atoms with E-state index in [1.165, 1.54) is 5.56 Å². The number of methoxy groups -OCH3 is 1. The minimum absolute atomic E-state index is 0.0427. The topological polar surface area (TPSA) is 55.8 Å². The van der Waals surface area contributed by atoms with Crippen LogP contribution in [0.25, 0.3) is 0 Å². The van der Waals surface area contributed by atoms with Gasteiger partial charge in [0.15, 0.2) is 0 Å². The Kier molecular flexibility index (Phi) is 5.53. The lowest BCUT2D eigenvalue weighted by Crippen LogP contribution is -2.41. The number of hydrogen-bond donors (Lipinski definition) is 0. The molecular weight excluding hydrogens is 350 g/mol. The predicted octanol–water partition coefficient (Wildman–Crippen LogP) is 3.54. The van der Waals surface area contributed by atoms with Crippen LogP contribution in [0.4, 0.5) is 0 Å². The van der Waals surface area contributed by atoms with Crippen molar-refractivity contribution in [3.05, 3.63) is 53.6 Å². The molecule has 140 valence electrons. The number of sulfonamides is 1. The third-order valence-corrected chi connectivity index (χ3v) is 6.78. The lowest BCUT2D eigenvalue weighted by molar-refractivity contribution is 0.135. The summed E-state index contributed by atoms with van der Waals surface area (Å²) in [5, 5.41) is 0. The Hall–Kier alpha value is -2.05. The molecule has 26 heavy (non-hydrogen) atoms. The highest BCUT2D eigenvalue weighted by atomic mass is 32.2. The predicted molar refractivity (Wildman–Crippen MR) is 101 cm³/mol. The number of ether oxygens (including phenoxy) is 2. The van der Waals surface area contributed by atoms with Crippen molar-refractivity contribution in [2.45, 2.75) is 37.7 Å². The van der Waals surface area contributed by atoms with Crippen LogP contribution in [-0.2, 0) is 10.0 Å². The fourth-order valence-electron chi connectivity index (χ4n) is 3.18. The average molecular weight is 375 g/mol. The second-order valence-electron chi connectivity index (χ2n) is 6.67. The van der Waals surface area contributed by atoms with Gasteiger partial charge in [0.1, 0.15) is 17.6 Å². The lowest BCUT2D eigenvalue weighted by Gasteiger charge is -2.31. The van der Waals surface area contributed by atoms with Gasteiger partial charge in [-0.05, 0) is 62.6 Å². The largest absolute Gasteiger partial charge is 0.497 e. The summed E-state index contributed by atoms with van der Waals surface area (Å²) in [4.78, 5) is 0.344. The minimum Gasteiger partial charge on any atom is -0.497 e. The Morgan fingerprint density at radius 3 is 2.15 bits per heavy atom. The van der Waals surface area contributed by atoms with Crippen LogP contribution in [0.1, 0.15) is 24.0 Å². The number of piperidine rings is 1. The van der Waals surface area contributed by atoms with Crippen molar-refractivity contribution >= 4 is 10.0 Å². The van der Waals surface area contributed by atoms with Crippen LogP contribution >= 0.6 is 0 Å². The molecule has 0 radical (unpaired) electrons. The van der Waals surface area contributed by atoms with Gasteiger partial charge in [0.2, 0.25) is 10.0 Å². The molecule has 0 aliphatic carbocycles. The van der Waals surface area contributed by atoms with Gasteiger partial charge in [-0.3, -0.25) is 0 Å². The van der Waals surface area contributed by atoms with Crippen molar-refractivity contribution < 1.29 is 17.9 Å². The van der Waals surface area contributed by atoms with E-state index in [2.05, 4.69) is 0 Å². The molecule has 1 heterocycles. The normalized spacial score (nSPS) is 16.4. The molecule has 0 aromatic heterocycles. The van der Waals surface area contributed by atoms with Crippen LogP contribution in [0, 0.1) is 13.8 Å². The zero-order valence-corrected chi connectivity index (χ0v) is 16.3. The summed E-state index contributed by atoms with van der Waals surface area (Å²) >= 11 is 0. The Morgan fingerprint density at radius 2 is 1.58 bits per heavy atom. The summed E-state index contributed by atoms with van der Waals surface area (Å²) in [5.74, 6) is 1.49. The molecule has 0 amide bonds. The summed E-state index contributed by atoms with van der Waals surface area (Å²) in [6.07, 6.45) is 1.41. The summed E-state index contributed by atoms with van der Waals surface area (Å²) in [6, 6.07) is 13.0. The van der Waals surface area contributed by atoms with Crippen molar-refractivity contribution in [2.75, 3.05) is 20.2 Å². The van der Waals surface area contributed by atoms with Gasteiger partial charge in [0.05, 0.1) is 12.0 Å². The van der Waals surface area contributed by atoms with Gasteiger partial charge in [0.25, 0.3) is 0 Å². The maximum atomic E-state index is 13.0. The number of hydrogen-bond acceptors (Lipinski definition) is 4. The van der Waals surface area contributed by atoms with E-state index < -0.39 is 10.0 Å². The maximum absolute atomic E-state index is 13.0. The first-order valence-corrected chi connectivity index (χ1v) is 10.2. The summed E-state index contributed by atoms with van der Waals surface area (Å²) < 4.78 is 38.6. The van der Waals surface area contributed by atoms with Crippen molar-refractivity contribution in [3.8, 4) is 11.5 Å². The van der Waals surface area contributed by atoms with E-state index in [9.17, 15) is 8.42 Å². The number of rotatable bonds is 5. The van der Waals surface area contributed by atoms with Crippen molar-refractivity contribution in [3.63, 3.8) is 0 Å². The van der Waals surface area contributed by atoms with Gasteiger partial charge in [0, 0.05) is 13.1 Å². The molecule has 1 aliphatic rings. The molecule has 1 fully saturated rings. The second kappa shape index (κ2) is 7.68. The van der Waals surface area contributed by atoms with Crippen LogP contribution in [0.15, 0.2) is 47.4 Å². The third kappa shape index (κ3) is 4.02. The molecule has 5 nitrogen and oxygen atoms in total. The molecule has 0 bridgehead atoms. The smallest absolute Gasteiger partial charge is 0.243 e. The Labute approximate surface area is 155 Å². The number of nitrogens with zero attached hydrogens (tertiary/aromatic N) is 1. The van der Waals surface area contributed by atoms with Gasteiger partial charge in [-0.1, -0.05) is 17.7 Å². The zero-order chi connectivity index (χ0) is 18.7. The average Bonchev–Trinajstić information content (AvgIpc) is 2.63. The van der Waals surface area contributed by atoms with Gasteiger partial charge < -0.3 is 9.47 Å². The van der Waals surface area contributed by atoms with E-state index in [1.807, 2.05) is 31.2 Å². The van der Waals surface area contributed by atoms with E-state index >= 15 is 0 Å². The Balaban J connectivity index is 1.66. The SMILES string of the molecule is COc1ccc(S(=O)(=O)N2CCC(Oc3ccc(C)cc3)CC2)c(C)c1. The molecule has 0 atom stereocenters. The highest BCUT2D eigenvalue weighted by Gasteiger charge is 2.31. The van der Waals surface area contributed by atoms with Crippen molar-refractivity contribution in [1.82, 2.24) is 4.31 Å². The lowest BCUT2D eigenvalue weighted by atomic mass is 10.1. The van der Waals surface area contributed by atoms with Gasteiger partial charge in [-0.2, -0.15) is 4.31 Å². The Bertz CT molecular complexity index is 854. The molecule has 1 saturated heterocycles. The second-order valence-corrected chi connectivity index (χ2v) is 8.57. The van der Waals surface area contributed by atoms with Crippen molar-refractivity contribution in [1.29, 1.82) is 0 Å². The maximum Gasteiger partial charge on any atom is 0.243 e. The monoisotopic (exact) mass is 375 g/mol. The quantitative estimate of drug-likeness (QED) is 0.802. The number of benzene rings is 2. The molecule has 0 saturated carbocycles. The highest BCUT2D eigenvalue weighted by Crippen LogP contribution is 2.27. The molecule has 0 unspecified atom stereocenters. The molecule has 3 rings (SSSR count). The van der Waals surface area contributed by atoms with Gasteiger partial charge >= 0.3 is 0 Å². The number of aryl methyl sites for hydroxylation is 2. The highest BCUT2D eigenvalue weighted by molar-refractivity contribution is 7.89.